The lowest BCUT2D eigenvalue weighted by atomic mass is 9.92. The average Bonchev–Trinajstić information content (AvgIpc) is 2.65. The van der Waals surface area contributed by atoms with Gasteiger partial charge in [0.05, 0.1) is 5.54 Å². The molecule has 0 saturated carbocycles. The number of nitrogens with two attached hydrogens (primary N) is 1. The number of nitrogens with one attached hydrogen (secondary N) is 1. The van der Waals surface area contributed by atoms with Crippen molar-refractivity contribution in [3.63, 3.8) is 0 Å². The number of carbonyl (C=O) groups excluding carboxylic acids is 2. The van der Waals surface area contributed by atoms with Crippen LogP contribution in [0.15, 0.2) is 60.7 Å². The van der Waals surface area contributed by atoms with Crippen molar-refractivity contribution in [2.45, 2.75) is 45.4 Å². The summed E-state index contributed by atoms with van der Waals surface area (Å²) in [6, 6.07) is 18.2. The molecular weight excluding hydrogens is 340 g/mol. The van der Waals surface area contributed by atoms with Gasteiger partial charge >= 0.3 is 5.97 Å². The van der Waals surface area contributed by atoms with Gasteiger partial charge in [-0.3, -0.25) is 4.79 Å². The number of ether oxygens (including phenoxy) is 1. The van der Waals surface area contributed by atoms with E-state index in [2.05, 4.69) is 5.32 Å². The van der Waals surface area contributed by atoms with E-state index < -0.39 is 17.6 Å². The van der Waals surface area contributed by atoms with Crippen molar-refractivity contribution in [1.29, 1.82) is 0 Å². The van der Waals surface area contributed by atoms with E-state index in [9.17, 15) is 9.59 Å². The second-order valence-corrected chi connectivity index (χ2v) is 7.37. The predicted molar refractivity (Wildman–Crippen MR) is 106 cm³/mol. The van der Waals surface area contributed by atoms with E-state index >= 15 is 0 Å². The van der Waals surface area contributed by atoms with Gasteiger partial charge in [-0.15, -0.1) is 0 Å². The van der Waals surface area contributed by atoms with Gasteiger partial charge in [0.15, 0.2) is 0 Å². The number of rotatable bonds is 8. The maximum atomic E-state index is 12.7. The maximum absolute atomic E-state index is 12.7. The third-order valence-electron chi connectivity index (χ3n) is 4.36. The van der Waals surface area contributed by atoms with Gasteiger partial charge < -0.3 is 15.8 Å². The van der Waals surface area contributed by atoms with Gasteiger partial charge in [0.2, 0.25) is 5.91 Å². The normalized spacial score (nSPS) is 14.3. The quantitative estimate of drug-likeness (QED) is 0.702. The van der Waals surface area contributed by atoms with Crippen LogP contribution in [-0.2, 0) is 27.4 Å². The van der Waals surface area contributed by atoms with Crippen molar-refractivity contribution < 1.29 is 14.3 Å². The number of carbonyl (C=O) groups is 2. The minimum atomic E-state index is -1.13. The molecule has 0 aliphatic heterocycles. The Balaban J connectivity index is 1.99. The lowest BCUT2D eigenvalue weighted by Crippen LogP contribution is -2.58. The largest absolute Gasteiger partial charge is 0.459 e. The third kappa shape index (κ3) is 6.22. The molecule has 0 radical (unpaired) electrons. The molecule has 144 valence electrons. The first kappa shape index (κ1) is 20.6. The third-order valence-corrected chi connectivity index (χ3v) is 4.36. The highest BCUT2D eigenvalue weighted by Gasteiger charge is 2.34. The van der Waals surface area contributed by atoms with Crippen LogP contribution < -0.4 is 11.1 Å². The Bertz CT molecular complexity index is 743. The van der Waals surface area contributed by atoms with Crippen LogP contribution >= 0.6 is 0 Å². The molecular formula is C22H28N2O3. The topological polar surface area (TPSA) is 81.4 Å². The molecule has 2 aromatic carbocycles. The molecule has 0 aliphatic rings. The molecule has 0 saturated heterocycles. The fraction of sp³-hybridized carbons (Fsp3) is 0.364. The number of hydrogen-bond acceptors (Lipinski definition) is 4. The summed E-state index contributed by atoms with van der Waals surface area (Å²) in [4.78, 5) is 25.2. The summed E-state index contributed by atoms with van der Waals surface area (Å²) in [5, 5.41) is 2.77. The molecule has 0 heterocycles. The number of hydrogen-bond donors (Lipinski definition) is 2. The van der Waals surface area contributed by atoms with Gasteiger partial charge in [0.25, 0.3) is 0 Å². The monoisotopic (exact) mass is 368 g/mol. The van der Waals surface area contributed by atoms with Crippen molar-refractivity contribution in [2.24, 2.45) is 11.7 Å². The van der Waals surface area contributed by atoms with Gasteiger partial charge in [-0.1, -0.05) is 74.5 Å². The van der Waals surface area contributed by atoms with E-state index in [1.807, 2.05) is 74.5 Å². The van der Waals surface area contributed by atoms with Crippen LogP contribution in [-0.4, -0.2) is 23.5 Å². The number of esters is 1. The molecule has 1 amide bonds. The fourth-order valence-corrected chi connectivity index (χ4v) is 2.72. The lowest BCUT2D eigenvalue weighted by Gasteiger charge is -2.28. The molecule has 3 N–H and O–H groups in total. The summed E-state index contributed by atoms with van der Waals surface area (Å²) in [5.41, 5.74) is 6.97. The van der Waals surface area contributed by atoms with E-state index in [0.29, 0.717) is 6.42 Å². The molecule has 0 fully saturated rings. The van der Waals surface area contributed by atoms with Crippen molar-refractivity contribution >= 4 is 11.9 Å². The minimum absolute atomic E-state index is 0.121. The first-order valence-corrected chi connectivity index (χ1v) is 9.14. The highest BCUT2D eigenvalue weighted by atomic mass is 16.5. The van der Waals surface area contributed by atoms with Crippen molar-refractivity contribution in [1.82, 2.24) is 5.32 Å². The van der Waals surface area contributed by atoms with Crippen molar-refractivity contribution in [2.75, 3.05) is 0 Å². The van der Waals surface area contributed by atoms with Gasteiger partial charge in [0.1, 0.15) is 12.6 Å². The zero-order valence-electron chi connectivity index (χ0n) is 16.1. The fourth-order valence-electron chi connectivity index (χ4n) is 2.72. The average molecular weight is 368 g/mol. The Morgan fingerprint density at radius 2 is 1.52 bits per heavy atom. The highest BCUT2D eigenvalue weighted by molar-refractivity contribution is 5.90. The summed E-state index contributed by atoms with van der Waals surface area (Å²) in [5.74, 6) is -0.954. The van der Waals surface area contributed by atoms with Crippen molar-refractivity contribution in [3.05, 3.63) is 71.8 Å². The molecule has 0 aromatic heterocycles. The summed E-state index contributed by atoms with van der Waals surface area (Å²) in [6.07, 6.45) is 0.379. The van der Waals surface area contributed by atoms with Gasteiger partial charge in [-0.05, 0) is 30.4 Å². The Hall–Kier alpha value is -2.66. The summed E-state index contributed by atoms with van der Waals surface area (Å²) in [7, 11) is 0. The molecule has 2 rings (SSSR count). The smallest absolute Gasteiger partial charge is 0.329 e. The lowest BCUT2D eigenvalue weighted by molar-refractivity contribution is -0.151. The van der Waals surface area contributed by atoms with Crippen LogP contribution in [0.2, 0.25) is 0 Å². The van der Waals surface area contributed by atoms with E-state index in [4.69, 9.17) is 10.5 Å². The predicted octanol–water partition coefficient (Wildman–Crippen LogP) is 2.83. The van der Waals surface area contributed by atoms with Crippen LogP contribution in [0.25, 0.3) is 0 Å². The maximum Gasteiger partial charge on any atom is 0.329 e. The first-order chi connectivity index (χ1) is 12.8. The second kappa shape index (κ2) is 9.33. The first-order valence-electron chi connectivity index (χ1n) is 9.14. The van der Waals surface area contributed by atoms with Crippen molar-refractivity contribution in [3.8, 4) is 0 Å². The molecule has 2 aromatic rings. The molecule has 0 unspecified atom stereocenters. The Kier molecular flexibility index (Phi) is 7.13. The highest BCUT2D eigenvalue weighted by Crippen LogP contribution is 2.13. The molecule has 0 spiro atoms. The molecule has 5 heteroatoms. The number of benzene rings is 2. The molecule has 27 heavy (non-hydrogen) atoms. The molecule has 5 nitrogen and oxygen atoms in total. The second-order valence-electron chi connectivity index (χ2n) is 7.37. The Morgan fingerprint density at radius 1 is 1.00 bits per heavy atom. The van der Waals surface area contributed by atoms with E-state index in [-0.39, 0.29) is 18.4 Å². The van der Waals surface area contributed by atoms with Crippen LogP contribution in [0.5, 0.6) is 0 Å². The van der Waals surface area contributed by atoms with Crippen LogP contribution in [0.3, 0.4) is 0 Å². The number of amides is 1. The van der Waals surface area contributed by atoms with Gasteiger partial charge in [-0.25, -0.2) is 4.79 Å². The minimum Gasteiger partial charge on any atom is -0.459 e. The zero-order valence-corrected chi connectivity index (χ0v) is 16.1. The van der Waals surface area contributed by atoms with E-state index in [1.165, 1.54) is 0 Å². The Morgan fingerprint density at radius 3 is 2.04 bits per heavy atom. The summed E-state index contributed by atoms with van der Waals surface area (Å²) in [6.45, 7) is 5.56. The van der Waals surface area contributed by atoms with E-state index in [1.54, 1.807) is 6.92 Å². The summed E-state index contributed by atoms with van der Waals surface area (Å²) < 4.78 is 5.39. The Labute approximate surface area is 160 Å². The van der Waals surface area contributed by atoms with Crippen LogP contribution in [0.4, 0.5) is 0 Å². The molecule has 0 aliphatic carbocycles. The van der Waals surface area contributed by atoms with Gasteiger partial charge in [0, 0.05) is 0 Å². The molecule has 2 atom stereocenters. The van der Waals surface area contributed by atoms with E-state index in [0.717, 1.165) is 11.1 Å². The summed E-state index contributed by atoms with van der Waals surface area (Å²) >= 11 is 0. The van der Waals surface area contributed by atoms with Crippen LogP contribution in [0.1, 0.15) is 31.9 Å². The SMILES string of the molecule is CC(C)[C@@H](NC(=O)[C@@](C)(N)Cc1ccccc1)C(=O)OCc1ccccc1. The standard InChI is InChI=1S/C22H28N2O3/c1-16(2)19(20(25)27-15-18-12-8-5-9-13-18)24-21(26)22(3,23)14-17-10-6-4-7-11-17/h4-13,16,19H,14-15,23H2,1-3H3,(H,24,26)/t19-,22+/m1/s1. The van der Waals surface area contributed by atoms with Crippen LogP contribution in [0, 0.1) is 5.92 Å². The zero-order chi connectivity index (χ0) is 19.9. The van der Waals surface area contributed by atoms with Gasteiger partial charge in [-0.2, -0.15) is 0 Å². The molecule has 0 bridgehead atoms.